The van der Waals surface area contributed by atoms with Gasteiger partial charge in [-0.25, -0.2) is 4.39 Å². The quantitative estimate of drug-likeness (QED) is 0.874. The van der Waals surface area contributed by atoms with Gasteiger partial charge in [0.1, 0.15) is 5.82 Å². The summed E-state index contributed by atoms with van der Waals surface area (Å²) >= 11 is 0. The predicted molar refractivity (Wildman–Crippen MR) is 82.7 cm³/mol. The van der Waals surface area contributed by atoms with Gasteiger partial charge in [-0.3, -0.25) is 0 Å². The normalized spacial score (nSPS) is 12.2. The second-order valence-corrected chi connectivity index (χ2v) is 4.79. The molecule has 0 saturated carbocycles. The molecule has 106 valence electrons. The van der Waals surface area contributed by atoms with Gasteiger partial charge < -0.3 is 10.6 Å². The third kappa shape index (κ3) is 2.99. The van der Waals surface area contributed by atoms with Crippen LogP contribution < -0.4 is 10.6 Å². The number of para-hydroxylation sites is 1. The van der Waals surface area contributed by atoms with Crippen molar-refractivity contribution in [1.29, 1.82) is 0 Å². The third-order valence-corrected chi connectivity index (χ3v) is 3.52. The maximum atomic E-state index is 13.1. The summed E-state index contributed by atoms with van der Waals surface area (Å²) < 4.78 is 13.1. The Balaban J connectivity index is 2.44. The predicted octanol–water partition coefficient (Wildman–Crippen LogP) is 4.39. The molecular weight excluding hydrogens is 251 g/mol. The van der Waals surface area contributed by atoms with Crippen LogP contribution in [0.3, 0.4) is 0 Å². The van der Waals surface area contributed by atoms with E-state index in [4.69, 9.17) is 5.73 Å². The van der Waals surface area contributed by atoms with Gasteiger partial charge in [0.25, 0.3) is 0 Å². The van der Waals surface area contributed by atoms with E-state index in [1.54, 1.807) is 12.1 Å². The van der Waals surface area contributed by atoms with Crippen molar-refractivity contribution in [3.63, 3.8) is 0 Å². The molecule has 0 unspecified atom stereocenters. The highest BCUT2D eigenvalue weighted by Crippen LogP contribution is 2.32. The Morgan fingerprint density at radius 3 is 2.30 bits per heavy atom. The van der Waals surface area contributed by atoms with Crippen molar-refractivity contribution < 1.29 is 4.39 Å². The van der Waals surface area contributed by atoms with Crippen LogP contribution in [-0.2, 0) is 0 Å². The topological polar surface area (TPSA) is 29.3 Å². The van der Waals surface area contributed by atoms with E-state index < -0.39 is 0 Å². The van der Waals surface area contributed by atoms with E-state index in [1.165, 1.54) is 12.1 Å². The molecule has 2 nitrogen and oxygen atoms in total. The number of hydrogen-bond acceptors (Lipinski definition) is 2. The second kappa shape index (κ2) is 6.53. The second-order valence-electron chi connectivity index (χ2n) is 4.79. The number of rotatable bonds is 5. The van der Waals surface area contributed by atoms with Crippen LogP contribution in [-0.4, -0.2) is 6.54 Å². The fourth-order valence-corrected chi connectivity index (χ4v) is 2.38. The molecule has 0 fully saturated rings. The van der Waals surface area contributed by atoms with Gasteiger partial charge in [-0.2, -0.15) is 0 Å². The van der Waals surface area contributed by atoms with E-state index >= 15 is 0 Å². The summed E-state index contributed by atoms with van der Waals surface area (Å²) in [6.45, 7) is 4.96. The fraction of sp³-hybridized carbons (Fsp3) is 0.294. The van der Waals surface area contributed by atoms with E-state index in [0.29, 0.717) is 0 Å². The van der Waals surface area contributed by atoms with Crippen molar-refractivity contribution in [2.24, 2.45) is 5.73 Å². The van der Waals surface area contributed by atoms with E-state index in [0.717, 1.165) is 29.9 Å². The molecule has 0 aromatic heterocycles. The molecule has 0 heterocycles. The number of hydrogen-bond donors (Lipinski definition) is 1. The Morgan fingerprint density at radius 2 is 1.70 bits per heavy atom. The molecule has 0 saturated heterocycles. The lowest BCUT2D eigenvalue weighted by molar-refractivity contribution is 0.627. The molecule has 2 aromatic rings. The number of benzene rings is 2. The molecule has 0 aliphatic carbocycles. The summed E-state index contributed by atoms with van der Waals surface area (Å²) in [5.74, 6) is -0.219. The monoisotopic (exact) mass is 272 g/mol. The summed E-state index contributed by atoms with van der Waals surface area (Å²) in [6.07, 6.45) is 0.887. The zero-order chi connectivity index (χ0) is 14.5. The Morgan fingerprint density at radius 1 is 1.05 bits per heavy atom. The lowest BCUT2D eigenvalue weighted by atomic mass is 10.0. The summed E-state index contributed by atoms with van der Waals surface area (Å²) in [5, 5.41) is 0. The van der Waals surface area contributed by atoms with Crippen molar-refractivity contribution >= 4 is 11.4 Å². The summed E-state index contributed by atoms with van der Waals surface area (Å²) in [6, 6.07) is 14.7. The van der Waals surface area contributed by atoms with Crippen LogP contribution in [0.5, 0.6) is 0 Å². The van der Waals surface area contributed by atoms with Gasteiger partial charge in [0, 0.05) is 24.0 Å². The van der Waals surface area contributed by atoms with Crippen LogP contribution in [0.25, 0.3) is 0 Å². The SMILES string of the molecule is CC[C@@H](N)c1ccccc1N(CC)c1ccc(F)cc1. The van der Waals surface area contributed by atoms with Crippen molar-refractivity contribution in [1.82, 2.24) is 0 Å². The number of nitrogens with zero attached hydrogens (tertiary/aromatic N) is 1. The smallest absolute Gasteiger partial charge is 0.123 e. The van der Waals surface area contributed by atoms with Gasteiger partial charge in [-0.05, 0) is 49.2 Å². The molecule has 2 rings (SSSR count). The highest BCUT2D eigenvalue weighted by Gasteiger charge is 2.15. The highest BCUT2D eigenvalue weighted by atomic mass is 19.1. The van der Waals surface area contributed by atoms with Gasteiger partial charge >= 0.3 is 0 Å². The van der Waals surface area contributed by atoms with Gasteiger partial charge in [-0.1, -0.05) is 25.1 Å². The molecule has 2 N–H and O–H groups in total. The van der Waals surface area contributed by atoms with Gasteiger partial charge in [0.15, 0.2) is 0 Å². The molecule has 0 aliphatic rings. The molecule has 0 amide bonds. The minimum absolute atomic E-state index is 0.0145. The Labute approximate surface area is 120 Å². The third-order valence-electron chi connectivity index (χ3n) is 3.52. The minimum Gasteiger partial charge on any atom is -0.341 e. The van der Waals surface area contributed by atoms with Crippen LogP contribution in [0.2, 0.25) is 0 Å². The Hall–Kier alpha value is -1.87. The molecule has 0 radical (unpaired) electrons. The molecule has 0 spiro atoms. The average Bonchev–Trinajstić information content (AvgIpc) is 2.49. The summed E-state index contributed by atoms with van der Waals surface area (Å²) in [7, 11) is 0. The molecular formula is C17H21FN2. The molecule has 0 aliphatic heterocycles. The van der Waals surface area contributed by atoms with Gasteiger partial charge in [-0.15, -0.1) is 0 Å². The zero-order valence-electron chi connectivity index (χ0n) is 12.0. The average molecular weight is 272 g/mol. The maximum Gasteiger partial charge on any atom is 0.123 e. The Kier molecular flexibility index (Phi) is 4.74. The maximum absolute atomic E-state index is 13.1. The summed E-state index contributed by atoms with van der Waals surface area (Å²) in [4.78, 5) is 2.16. The van der Waals surface area contributed by atoms with Gasteiger partial charge in [0.2, 0.25) is 0 Å². The number of anilines is 2. The molecule has 3 heteroatoms. The van der Waals surface area contributed by atoms with Crippen LogP contribution in [0, 0.1) is 5.82 Å². The van der Waals surface area contributed by atoms with Crippen LogP contribution in [0.1, 0.15) is 31.9 Å². The first-order valence-corrected chi connectivity index (χ1v) is 7.05. The molecule has 20 heavy (non-hydrogen) atoms. The number of halogens is 1. The first kappa shape index (κ1) is 14.5. The van der Waals surface area contributed by atoms with Crippen molar-refractivity contribution in [2.45, 2.75) is 26.3 Å². The first-order chi connectivity index (χ1) is 9.67. The highest BCUT2D eigenvalue weighted by molar-refractivity contribution is 5.67. The Bertz CT molecular complexity index is 551. The van der Waals surface area contributed by atoms with Crippen LogP contribution in [0.4, 0.5) is 15.8 Å². The van der Waals surface area contributed by atoms with Crippen LogP contribution >= 0.6 is 0 Å². The van der Waals surface area contributed by atoms with E-state index in [-0.39, 0.29) is 11.9 Å². The summed E-state index contributed by atoms with van der Waals surface area (Å²) in [5.41, 5.74) is 9.40. The molecule has 2 aromatic carbocycles. The zero-order valence-corrected chi connectivity index (χ0v) is 12.0. The lowest BCUT2D eigenvalue weighted by Crippen LogP contribution is -2.20. The lowest BCUT2D eigenvalue weighted by Gasteiger charge is -2.27. The number of nitrogens with two attached hydrogens (primary N) is 1. The minimum atomic E-state index is -0.219. The van der Waals surface area contributed by atoms with Gasteiger partial charge in [0.05, 0.1) is 0 Å². The van der Waals surface area contributed by atoms with Crippen molar-refractivity contribution in [3.8, 4) is 0 Å². The standard InChI is InChI=1S/C17H21FN2/c1-3-16(19)15-7-5-6-8-17(15)20(4-2)14-11-9-13(18)10-12-14/h5-12,16H,3-4,19H2,1-2H3/t16-/m1/s1. The van der Waals surface area contributed by atoms with Crippen molar-refractivity contribution in [2.75, 3.05) is 11.4 Å². The largest absolute Gasteiger partial charge is 0.341 e. The van der Waals surface area contributed by atoms with E-state index in [2.05, 4.69) is 30.9 Å². The first-order valence-electron chi connectivity index (χ1n) is 7.05. The molecule has 0 bridgehead atoms. The van der Waals surface area contributed by atoms with Crippen LogP contribution in [0.15, 0.2) is 48.5 Å². The van der Waals surface area contributed by atoms with E-state index in [1.807, 2.05) is 12.1 Å². The molecule has 1 atom stereocenters. The fourth-order valence-electron chi connectivity index (χ4n) is 2.38. The van der Waals surface area contributed by atoms with E-state index in [9.17, 15) is 4.39 Å². The van der Waals surface area contributed by atoms with Crippen molar-refractivity contribution in [3.05, 3.63) is 59.9 Å².